The van der Waals surface area contributed by atoms with Gasteiger partial charge in [-0.15, -0.1) is 0 Å². The molecule has 3 aliphatic rings. The first-order valence-corrected chi connectivity index (χ1v) is 13.0. The number of rotatable bonds is 6. The number of hydrogen-bond acceptors (Lipinski definition) is 4. The Labute approximate surface area is 215 Å². The number of H-pyrrole nitrogens is 1. The Bertz CT molecular complexity index is 1260. The average molecular weight is 509 g/mol. The maximum Gasteiger partial charge on any atom is 0.256 e. The summed E-state index contributed by atoms with van der Waals surface area (Å²) in [5, 5.41) is 5.93. The zero-order chi connectivity index (χ0) is 26.1. The van der Waals surface area contributed by atoms with Gasteiger partial charge in [-0.05, 0) is 75.3 Å². The van der Waals surface area contributed by atoms with E-state index in [0.717, 1.165) is 31.2 Å². The van der Waals surface area contributed by atoms with Crippen LogP contribution in [0.15, 0.2) is 18.2 Å². The van der Waals surface area contributed by atoms with Gasteiger partial charge in [0.15, 0.2) is 0 Å². The summed E-state index contributed by atoms with van der Waals surface area (Å²) in [6.07, 6.45) is 5.81. The molecular formula is C28H33FN4O4. The van der Waals surface area contributed by atoms with E-state index >= 15 is 0 Å². The Balaban J connectivity index is 1.21. The summed E-state index contributed by atoms with van der Waals surface area (Å²) in [5.74, 6) is -0.251. The first-order chi connectivity index (χ1) is 17.8. The van der Waals surface area contributed by atoms with Crippen molar-refractivity contribution in [3.8, 4) is 0 Å². The van der Waals surface area contributed by atoms with Crippen molar-refractivity contribution >= 4 is 35.1 Å². The molecule has 0 radical (unpaired) electrons. The maximum atomic E-state index is 13.8. The molecule has 3 heterocycles. The molecule has 5 rings (SSSR count). The van der Waals surface area contributed by atoms with Crippen LogP contribution in [-0.4, -0.2) is 60.0 Å². The van der Waals surface area contributed by atoms with Crippen LogP contribution in [0.25, 0.3) is 11.6 Å². The Morgan fingerprint density at radius 2 is 2.00 bits per heavy atom. The van der Waals surface area contributed by atoms with E-state index in [9.17, 15) is 18.8 Å². The molecule has 1 aromatic heterocycles. The predicted molar refractivity (Wildman–Crippen MR) is 138 cm³/mol. The highest BCUT2D eigenvalue weighted by atomic mass is 19.1. The number of aromatic nitrogens is 1. The van der Waals surface area contributed by atoms with Gasteiger partial charge in [-0.25, -0.2) is 4.39 Å². The van der Waals surface area contributed by atoms with E-state index in [1.54, 1.807) is 12.1 Å². The lowest BCUT2D eigenvalue weighted by atomic mass is 10.0. The van der Waals surface area contributed by atoms with Crippen molar-refractivity contribution in [3.05, 3.63) is 52.1 Å². The van der Waals surface area contributed by atoms with E-state index in [1.807, 2.05) is 18.7 Å². The van der Waals surface area contributed by atoms with Crippen molar-refractivity contribution in [1.82, 2.24) is 15.2 Å². The molecule has 2 aliphatic heterocycles. The van der Waals surface area contributed by atoms with Crippen molar-refractivity contribution in [2.24, 2.45) is 5.92 Å². The number of fused-ring (bicyclic) bond motifs is 1. The molecule has 1 saturated heterocycles. The van der Waals surface area contributed by atoms with Crippen LogP contribution in [-0.2, 0) is 14.3 Å². The van der Waals surface area contributed by atoms with Gasteiger partial charge in [-0.1, -0.05) is 0 Å². The van der Waals surface area contributed by atoms with Gasteiger partial charge in [0, 0.05) is 48.2 Å². The lowest BCUT2D eigenvalue weighted by Gasteiger charge is -2.27. The van der Waals surface area contributed by atoms with Gasteiger partial charge in [0.05, 0.1) is 24.4 Å². The second-order valence-electron chi connectivity index (χ2n) is 10.2. The smallest absolute Gasteiger partial charge is 0.256 e. The van der Waals surface area contributed by atoms with Crippen LogP contribution in [0, 0.1) is 25.6 Å². The number of hydrogen-bond donors (Lipinski definition) is 3. The summed E-state index contributed by atoms with van der Waals surface area (Å²) >= 11 is 0. The van der Waals surface area contributed by atoms with Crippen LogP contribution in [0.1, 0.15) is 65.0 Å². The van der Waals surface area contributed by atoms with Crippen LogP contribution in [0.5, 0.6) is 0 Å². The zero-order valence-electron chi connectivity index (χ0n) is 21.3. The van der Waals surface area contributed by atoms with Crippen molar-refractivity contribution in [3.63, 3.8) is 0 Å². The minimum atomic E-state index is -0.416. The fraction of sp³-hybridized carbons (Fsp3) is 0.464. The molecule has 3 N–H and O–H groups in total. The van der Waals surface area contributed by atoms with Crippen LogP contribution in [0.3, 0.4) is 0 Å². The molecule has 37 heavy (non-hydrogen) atoms. The third-order valence-corrected chi connectivity index (χ3v) is 7.76. The van der Waals surface area contributed by atoms with Crippen molar-refractivity contribution in [2.75, 3.05) is 31.6 Å². The SMILES string of the molecule is Cc1[nH]c(/C=C2\C(=O)Nc3ccc(F)cc32)c(C)c1C(=O)N[C@H]1CCC(CCC(=O)N2CCOCC2)C1. The van der Waals surface area contributed by atoms with Gasteiger partial charge in [0.2, 0.25) is 5.91 Å². The second-order valence-corrected chi connectivity index (χ2v) is 10.2. The van der Waals surface area contributed by atoms with Gasteiger partial charge in [0.25, 0.3) is 11.8 Å². The molecule has 2 atom stereocenters. The highest BCUT2D eigenvalue weighted by molar-refractivity contribution is 6.34. The van der Waals surface area contributed by atoms with Crippen LogP contribution >= 0.6 is 0 Å². The molecule has 2 fully saturated rings. The number of nitrogens with zero attached hydrogens (tertiary/aromatic N) is 1. The Kier molecular flexibility index (Phi) is 7.15. The van der Waals surface area contributed by atoms with E-state index in [-0.39, 0.29) is 23.8 Å². The number of carbonyl (C=O) groups is 3. The summed E-state index contributed by atoms with van der Waals surface area (Å²) in [5.41, 5.74) is 4.10. The number of anilines is 1. The topological polar surface area (TPSA) is 104 Å². The molecule has 0 spiro atoms. The number of morpholine rings is 1. The summed E-state index contributed by atoms with van der Waals surface area (Å²) < 4.78 is 19.1. The number of nitrogens with one attached hydrogen (secondary N) is 3. The lowest BCUT2D eigenvalue weighted by Crippen LogP contribution is -2.40. The number of aromatic amines is 1. The molecule has 1 unspecified atom stereocenters. The van der Waals surface area contributed by atoms with Gasteiger partial charge < -0.3 is 25.3 Å². The predicted octanol–water partition coefficient (Wildman–Crippen LogP) is 3.80. The molecule has 196 valence electrons. The van der Waals surface area contributed by atoms with Crippen LogP contribution in [0.2, 0.25) is 0 Å². The number of ether oxygens (including phenoxy) is 1. The summed E-state index contributed by atoms with van der Waals surface area (Å²) in [7, 11) is 0. The fourth-order valence-corrected chi connectivity index (χ4v) is 5.73. The van der Waals surface area contributed by atoms with Crippen LogP contribution < -0.4 is 10.6 Å². The van der Waals surface area contributed by atoms with Gasteiger partial charge >= 0.3 is 0 Å². The third-order valence-electron chi connectivity index (χ3n) is 7.76. The summed E-state index contributed by atoms with van der Waals surface area (Å²) in [6.45, 7) is 6.24. The highest BCUT2D eigenvalue weighted by Gasteiger charge is 2.30. The zero-order valence-corrected chi connectivity index (χ0v) is 21.3. The molecule has 2 aromatic rings. The molecule has 3 amide bonds. The first-order valence-electron chi connectivity index (χ1n) is 13.0. The third kappa shape index (κ3) is 5.32. The number of carbonyl (C=O) groups excluding carboxylic acids is 3. The Morgan fingerprint density at radius 1 is 1.22 bits per heavy atom. The largest absolute Gasteiger partial charge is 0.378 e. The van der Waals surface area contributed by atoms with E-state index in [1.165, 1.54) is 12.1 Å². The number of aryl methyl sites for hydroxylation is 1. The molecule has 1 saturated carbocycles. The number of halogens is 1. The van der Waals surface area contributed by atoms with E-state index < -0.39 is 5.82 Å². The second kappa shape index (κ2) is 10.5. The van der Waals surface area contributed by atoms with E-state index in [2.05, 4.69) is 15.6 Å². The molecule has 8 nitrogen and oxygen atoms in total. The summed E-state index contributed by atoms with van der Waals surface area (Å²) in [4.78, 5) is 43.3. The van der Waals surface area contributed by atoms with Crippen molar-refractivity contribution in [2.45, 2.75) is 52.0 Å². The van der Waals surface area contributed by atoms with E-state index in [0.29, 0.717) is 72.4 Å². The lowest BCUT2D eigenvalue weighted by molar-refractivity contribution is -0.135. The van der Waals surface area contributed by atoms with Gasteiger partial charge in [0.1, 0.15) is 5.82 Å². The standard InChI is InChI=1S/C28H33FN4O4/c1-16-24(15-22-21-14-19(29)5-7-23(21)32-27(22)35)30-17(2)26(16)28(36)31-20-6-3-18(13-20)4-8-25(34)33-9-11-37-12-10-33/h5,7,14-15,18,20,30H,3-4,6,8-13H2,1-2H3,(H,31,36)(H,32,35)/b22-15-/t18?,20-/m0/s1. The molecule has 1 aliphatic carbocycles. The molecule has 9 heteroatoms. The average Bonchev–Trinajstić information content (AvgIpc) is 3.54. The highest BCUT2D eigenvalue weighted by Crippen LogP contribution is 2.35. The molecule has 1 aromatic carbocycles. The number of benzene rings is 1. The quantitative estimate of drug-likeness (QED) is 0.517. The Hall–Kier alpha value is -3.46. The minimum absolute atomic E-state index is 0.0713. The monoisotopic (exact) mass is 508 g/mol. The molecule has 0 bridgehead atoms. The minimum Gasteiger partial charge on any atom is -0.378 e. The summed E-state index contributed by atoms with van der Waals surface area (Å²) in [6, 6.07) is 4.26. The molecular weight excluding hydrogens is 475 g/mol. The maximum absolute atomic E-state index is 13.8. The Morgan fingerprint density at radius 3 is 2.78 bits per heavy atom. The van der Waals surface area contributed by atoms with E-state index in [4.69, 9.17) is 4.74 Å². The van der Waals surface area contributed by atoms with Gasteiger partial charge in [-0.3, -0.25) is 14.4 Å². The number of amides is 3. The van der Waals surface area contributed by atoms with Crippen LogP contribution in [0.4, 0.5) is 10.1 Å². The normalized spacial score (nSPS) is 22.3. The first kappa shape index (κ1) is 25.2. The van der Waals surface area contributed by atoms with Gasteiger partial charge in [-0.2, -0.15) is 0 Å². The van der Waals surface area contributed by atoms with Crippen molar-refractivity contribution in [1.29, 1.82) is 0 Å². The van der Waals surface area contributed by atoms with Crippen molar-refractivity contribution < 1.29 is 23.5 Å². The fourth-order valence-electron chi connectivity index (χ4n) is 5.73.